The van der Waals surface area contributed by atoms with Crippen LogP contribution in [0, 0.1) is 0 Å². The van der Waals surface area contributed by atoms with Gasteiger partial charge in [0, 0.05) is 37.1 Å². The van der Waals surface area contributed by atoms with Crippen LogP contribution in [0.5, 0.6) is 0 Å². The molecule has 0 saturated carbocycles. The molecule has 0 spiro atoms. The minimum Gasteiger partial charge on any atom is -2.00 e. The zero-order chi connectivity index (χ0) is 0. The van der Waals surface area contributed by atoms with Crippen LogP contribution in [0.4, 0.5) is 0 Å². The Morgan fingerprint density at radius 1 is 0.231 bits per heavy atom. The first-order valence-corrected chi connectivity index (χ1v) is 0. The van der Waals surface area contributed by atoms with Gasteiger partial charge in [0.15, 0.2) is 0 Å². The van der Waals surface area contributed by atoms with Gasteiger partial charge in [-0.05, 0) is 0 Å². The molecular weight excluding hydrogens is 342 g/mol. The van der Waals surface area contributed by atoms with Crippen molar-refractivity contribution in [2.45, 2.75) is 0 Å². The van der Waals surface area contributed by atoms with Crippen molar-refractivity contribution in [1.29, 1.82) is 0 Å². The molecule has 0 aromatic rings. The third kappa shape index (κ3) is 426. The third-order valence-electron chi connectivity index (χ3n) is 0. The van der Waals surface area contributed by atoms with Crippen molar-refractivity contribution in [2.75, 3.05) is 0 Å². The van der Waals surface area contributed by atoms with Crippen LogP contribution >= 0.6 is 0 Å². The molecule has 0 bridgehead atoms. The van der Waals surface area contributed by atoms with E-state index in [1.54, 1.807) is 0 Å². The van der Waals surface area contributed by atoms with Gasteiger partial charge in [-0.25, -0.2) is 0 Å². The Morgan fingerprint density at radius 2 is 0.231 bits per heavy atom. The summed E-state index contributed by atoms with van der Waals surface area (Å²) < 4.78 is 0. The van der Waals surface area contributed by atoms with Crippen LogP contribution in [-0.4, -0.2) is 0 Å². The Hall–Kier alpha value is 2.24. The van der Waals surface area contributed by atoms with E-state index in [-0.39, 0.29) is 130 Å². The molecule has 0 aliphatic rings. The van der Waals surface area contributed by atoms with Gasteiger partial charge in [0.2, 0.25) is 0 Å². The van der Waals surface area contributed by atoms with E-state index in [9.17, 15) is 0 Å². The fourth-order valence-corrected chi connectivity index (χ4v) is 0. The topological polar surface area (TPSA) is 256 Å². The maximum absolute atomic E-state index is 0. The number of hydrogen-bond acceptors (Lipinski definition) is 0. The van der Waals surface area contributed by atoms with Gasteiger partial charge in [-0.2, -0.15) is 0 Å². The first-order valence-electron chi connectivity index (χ1n) is 0. The Labute approximate surface area is 129 Å². The van der Waals surface area contributed by atoms with E-state index in [0.29, 0.717) is 0 Å². The van der Waals surface area contributed by atoms with Gasteiger partial charge in [0.25, 0.3) is 0 Å². The predicted octanol–water partition coefficient (Wildman–Crippen LogP) is -1.08. The maximum Gasteiger partial charge on any atom is 4.00 e. The molecule has 0 rings (SSSR count). The van der Waals surface area contributed by atoms with Crippen LogP contribution in [0.15, 0.2) is 0 Å². The van der Waals surface area contributed by atoms with Crippen molar-refractivity contribution < 1.29 is 130 Å². The Kier molecular flexibility index (Phi) is 23700. The van der Waals surface area contributed by atoms with E-state index >= 15 is 0 Å². The maximum atomic E-state index is 0. The summed E-state index contributed by atoms with van der Waals surface area (Å²) in [6, 6.07) is 0. The van der Waals surface area contributed by atoms with Crippen LogP contribution in [0.2, 0.25) is 0 Å². The molecule has 9 nitrogen and oxygen atoms in total. The van der Waals surface area contributed by atoms with Crippen molar-refractivity contribution in [3.05, 3.63) is 0 Å². The van der Waals surface area contributed by atoms with E-state index in [0.717, 1.165) is 0 Å². The molecule has 0 saturated heterocycles. The summed E-state index contributed by atoms with van der Waals surface area (Å²) in [7, 11) is 0. The predicted molar refractivity (Wildman–Crippen MR) is 6.18 cm³/mol. The Bertz CT molecular complexity index is 15.6. The second kappa shape index (κ2) is 498. The van der Waals surface area contributed by atoms with Gasteiger partial charge in [-0.1, -0.05) is 0 Å². The zero-order valence-electron chi connectivity index (χ0n) is 5.57. The molecule has 0 unspecified atom stereocenters. The van der Waals surface area contributed by atoms with Crippen LogP contribution in [0.3, 0.4) is 0 Å². The molecule has 2 radical (unpaired) electrons. The smallest absolute Gasteiger partial charge is 2.00 e. The molecule has 13 heavy (non-hydrogen) atoms. The quantitative estimate of drug-likeness (QED) is 0.476. The summed E-state index contributed by atoms with van der Waals surface area (Å²) in [4.78, 5) is 0. The molecule has 0 aromatic carbocycles. The third-order valence-corrected chi connectivity index (χ3v) is 0. The van der Waals surface area contributed by atoms with Crippen LogP contribution in [-0.2, 0) is 130 Å². The second-order valence-electron chi connectivity index (χ2n) is 0. The van der Waals surface area contributed by atoms with Crippen LogP contribution in [0.1, 0.15) is 0 Å². The van der Waals surface area contributed by atoms with E-state index in [2.05, 4.69) is 0 Å². The molecule has 0 N–H and O–H groups in total. The van der Waals surface area contributed by atoms with Crippen molar-refractivity contribution in [1.82, 2.24) is 0 Å². The first kappa shape index (κ1) is 617. The van der Waals surface area contributed by atoms with Gasteiger partial charge in [0.05, 0.1) is 0 Å². The van der Waals surface area contributed by atoms with Crippen molar-refractivity contribution in [3.8, 4) is 0 Å². The number of hydrogen-bond donors (Lipinski definition) is 0. The van der Waals surface area contributed by atoms with Crippen LogP contribution < -0.4 is 0 Å². The van der Waals surface area contributed by atoms with Crippen LogP contribution in [0.25, 0.3) is 0 Å². The largest absolute Gasteiger partial charge is 4.00 e. The standard InChI is InChI=1S/9O.2Ti.2V/q9*-2;2*+4;;. The molecule has 0 aliphatic heterocycles. The SMILES string of the molecule is [O-2].[O-2].[O-2].[O-2].[O-2].[O-2].[O-2].[O-2].[O-2].[Ti+4].[Ti+4].[V].[V]. The molecule has 0 heterocycles. The Balaban J connectivity index is 0. The minimum atomic E-state index is 0. The fraction of sp³-hybridized carbons (Fsp3) is 0. The average molecular weight is 342 g/mol. The molecule has 0 aromatic heterocycles. The monoisotopic (exact) mass is 342 g/mol. The van der Waals surface area contributed by atoms with E-state index in [1.165, 1.54) is 0 Å². The summed E-state index contributed by atoms with van der Waals surface area (Å²) in [5, 5.41) is 0. The zero-order valence-corrected chi connectivity index (χ0v) is 11.5. The normalized spacial score (nSPS) is 0. The summed E-state index contributed by atoms with van der Waals surface area (Å²) in [6.45, 7) is 0. The second-order valence-corrected chi connectivity index (χ2v) is 0. The van der Waals surface area contributed by atoms with Gasteiger partial charge < -0.3 is 49.3 Å². The average Bonchev–Trinajstić information content (AvgIpc) is 0. The molecule has 13 heteroatoms. The summed E-state index contributed by atoms with van der Waals surface area (Å²) >= 11 is 0. The van der Waals surface area contributed by atoms with E-state index in [4.69, 9.17) is 0 Å². The van der Waals surface area contributed by atoms with Gasteiger partial charge in [0.1, 0.15) is 0 Å². The molecular formula is O9Ti2V2-10. The molecule has 0 fully saturated rings. The van der Waals surface area contributed by atoms with Gasteiger partial charge >= 0.3 is 43.4 Å². The van der Waals surface area contributed by atoms with Gasteiger partial charge in [-0.15, -0.1) is 0 Å². The summed E-state index contributed by atoms with van der Waals surface area (Å²) in [5.74, 6) is 0. The molecule has 0 atom stereocenters. The fourth-order valence-electron chi connectivity index (χ4n) is 0. The summed E-state index contributed by atoms with van der Waals surface area (Å²) in [6.07, 6.45) is 0. The van der Waals surface area contributed by atoms with Gasteiger partial charge in [-0.3, -0.25) is 0 Å². The van der Waals surface area contributed by atoms with E-state index < -0.39 is 0 Å². The molecule has 82 valence electrons. The summed E-state index contributed by atoms with van der Waals surface area (Å²) in [5.41, 5.74) is 0. The first-order chi connectivity index (χ1) is 0. The van der Waals surface area contributed by atoms with Crippen molar-refractivity contribution >= 4 is 0 Å². The van der Waals surface area contributed by atoms with E-state index in [1.807, 2.05) is 0 Å². The van der Waals surface area contributed by atoms with Crippen molar-refractivity contribution in [3.63, 3.8) is 0 Å². The molecule has 0 aliphatic carbocycles. The number of rotatable bonds is 0. The Morgan fingerprint density at radius 3 is 0.231 bits per heavy atom. The molecule has 0 amide bonds. The van der Waals surface area contributed by atoms with Crippen molar-refractivity contribution in [2.24, 2.45) is 0 Å². The minimum absolute atomic E-state index is 0.